The number of ether oxygens (including phenoxy) is 3. The van der Waals surface area contributed by atoms with Crippen molar-refractivity contribution in [2.75, 3.05) is 34.0 Å². The number of hydrogen-bond donors (Lipinski definition) is 1. The molecule has 0 bridgehead atoms. The van der Waals surface area contributed by atoms with Crippen molar-refractivity contribution < 1.29 is 19.0 Å². The Morgan fingerprint density at radius 2 is 1.89 bits per heavy atom. The number of para-hydroxylation sites is 1. The van der Waals surface area contributed by atoms with Crippen molar-refractivity contribution >= 4 is 21.8 Å². The lowest BCUT2D eigenvalue weighted by Gasteiger charge is -2.38. The van der Waals surface area contributed by atoms with Crippen LogP contribution in [0.3, 0.4) is 0 Å². The van der Waals surface area contributed by atoms with Crippen LogP contribution in [0.2, 0.25) is 0 Å². The molecule has 144 valence electrons. The van der Waals surface area contributed by atoms with Crippen molar-refractivity contribution in [1.82, 2.24) is 5.32 Å². The smallest absolute Gasteiger partial charge is 0.252 e. The Morgan fingerprint density at radius 1 is 1.15 bits per heavy atom. The maximum Gasteiger partial charge on any atom is 0.252 e. The fraction of sp³-hybridized carbons (Fsp3) is 0.381. The van der Waals surface area contributed by atoms with Gasteiger partial charge in [-0.2, -0.15) is 0 Å². The summed E-state index contributed by atoms with van der Waals surface area (Å²) < 4.78 is 17.1. The van der Waals surface area contributed by atoms with Gasteiger partial charge < -0.3 is 19.5 Å². The number of rotatable bonds is 6. The Labute approximate surface area is 168 Å². The molecule has 1 amide bonds. The van der Waals surface area contributed by atoms with Gasteiger partial charge in [0.15, 0.2) is 0 Å². The van der Waals surface area contributed by atoms with Gasteiger partial charge in [0.05, 0.1) is 19.8 Å². The van der Waals surface area contributed by atoms with Gasteiger partial charge in [0.2, 0.25) is 0 Å². The molecule has 0 radical (unpaired) electrons. The van der Waals surface area contributed by atoms with Crippen molar-refractivity contribution in [3.63, 3.8) is 0 Å². The standard InChI is InChI=1S/C21H24BrNO4/c1-25-15-7-8-18(22)16(13-15)20(24)23-14-21(9-11-27-12-10-21)17-5-3-4-6-19(17)26-2/h3-8,13H,9-12,14H2,1-2H3,(H,23,24). The van der Waals surface area contributed by atoms with Crippen molar-refractivity contribution in [2.45, 2.75) is 18.3 Å². The third kappa shape index (κ3) is 4.28. The SMILES string of the molecule is COc1ccc(Br)c(C(=O)NCC2(c3ccccc3OC)CCOCC2)c1. The maximum atomic E-state index is 12.8. The number of benzene rings is 2. The zero-order chi connectivity index (χ0) is 19.3. The van der Waals surface area contributed by atoms with E-state index >= 15 is 0 Å². The van der Waals surface area contributed by atoms with Crippen LogP contribution in [0.4, 0.5) is 0 Å². The van der Waals surface area contributed by atoms with Crippen LogP contribution in [0.5, 0.6) is 11.5 Å². The van der Waals surface area contributed by atoms with Crippen LogP contribution >= 0.6 is 15.9 Å². The molecule has 2 aromatic carbocycles. The molecule has 27 heavy (non-hydrogen) atoms. The minimum absolute atomic E-state index is 0.137. The molecule has 0 aliphatic carbocycles. The Kier molecular flexibility index (Phi) is 6.39. The van der Waals surface area contributed by atoms with Gasteiger partial charge in [-0.1, -0.05) is 18.2 Å². The Bertz CT molecular complexity index is 803. The average molecular weight is 434 g/mol. The number of halogens is 1. The van der Waals surface area contributed by atoms with Crippen molar-refractivity contribution in [3.8, 4) is 11.5 Å². The van der Waals surface area contributed by atoms with Gasteiger partial charge in [-0.3, -0.25) is 4.79 Å². The largest absolute Gasteiger partial charge is 0.497 e. The van der Waals surface area contributed by atoms with Gasteiger partial charge in [-0.05, 0) is 53.0 Å². The summed E-state index contributed by atoms with van der Waals surface area (Å²) in [6, 6.07) is 13.4. The van der Waals surface area contributed by atoms with Gasteiger partial charge in [0.25, 0.3) is 5.91 Å². The van der Waals surface area contributed by atoms with Gasteiger partial charge >= 0.3 is 0 Å². The summed E-state index contributed by atoms with van der Waals surface area (Å²) in [6.45, 7) is 1.84. The lowest BCUT2D eigenvalue weighted by atomic mass is 9.73. The van der Waals surface area contributed by atoms with E-state index in [1.165, 1.54) is 0 Å². The summed E-state index contributed by atoms with van der Waals surface area (Å²) >= 11 is 3.45. The van der Waals surface area contributed by atoms with E-state index in [0.717, 1.165) is 28.6 Å². The topological polar surface area (TPSA) is 56.8 Å². The minimum atomic E-state index is -0.216. The fourth-order valence-electron chi connectivity index (χ4n) is 3.54. The molecule has 1 aliphatic heterocycles. The van der Waals surface area contributed by atoms with E-state index in [-0.39, 0.29) is 11.3 Å². The highest BCUT2D eigenvalue weighted by Crippen LogP contribution is 2.39. The summed E-state index contributed by atoms with van der Waals surface area (Å²) in [5.41, 5.74) is 1.45. The van der Waals surface area contributed by atoms with Crippen molar-refractivity contribution in [3.05, 3.63) is 58.1 Å². The summed E-state index contributed by atoms with van der Waals surface area (Å²) in [5.74, 6) is 1.35. The predicted molar refractivity (Wildman–Crippen MR) is 108 cm³/mol. The minimum Gasteiger partial charge on any atom is -0.497 e. The molecule has 1 heterocycles. The molecule has 5 nitrogen and oxygen atoms in total. The van der Waals surface area contributed by atoms with Crippen molar-refractivity contribution in [2.24, 2.45) is 0 Å². The van der Waals surface area contributed by atoms with Crippen molar-refractivity contribution in [1.29, 1.82) is 0 Å². The number of carbonyl (C=O) groups excluding carboxylic acids is 1. The van der Waals surface area contributed by atoms with E-state index < -0.39 is 0 Å². The molecule has 0 aromatic heterocycles. The Morgan fingerprint density at radius 3 is 2.59 bits per heavy atom. The highest BCUT2D eigenvalue weighted by molar-refractivity contribution is 9.10. The third-order valence-corrected chi connectivity index (χ3v) is 5.83. The summed E-state index contributed by atoms with van der Waals surface area (Å²) in [4.78, 5) is 12.8. The van der Waals surface area contributed by atoms with Crippen LogP contribution in [0.1, 0.15) is 28.8 Å². The van der Waals surface area contributed by atoms with Gasteiger partial charge in [-0.15, -0.1) is 0 Å². The third-order valence-electron chi connectivity index (χ3n) is 5.13. The van der Waals surface area contributed by atoms with Crippen LogP contribution in [0, 0.1) is 0 Å². The molecular weight excluding hydrogens is 410 g/mol. The molecule has 1 N–H and O–H groups in total. The lowest BCUT2D eigenvalue weighted by Crippen LogP contribution is -2.44. The molecule has 0 spiro atoms. The molecule has 0 unspecified atom stereocenters. The predicted octanol–water partition coefficient (Wildman–Crippen LogP) is 3.94. The molecule has 1 saturated heterocycles. The van der Waals surface area contributed by atoms with Crippen LogP contribution in [0.25, 0.3) is 0 Å². The van der Waals surface area contributed by atoms with E-state index in [1.807, 2.05) is 30.3 Å². The molecule has 0 saturated carbocycles. The summed E-state index contributed by atoms with van der Waals surface area (Å²) in [5, 5.41) is 3.12. The van der Waals surface area contributed by atoms with E-state index in [1.54, 1.807) is 20.3 Å². The monoisotopic (exact) mass is 433 g/mol. The number of methoxy groups -OCH3 is 2. The first-order chi connectivity index (χ1) is 13.1. The Hall–Kier alpha value is -2.05. The lowest BCUT2D eigenvalue weighted by molar-refractivity contribution is 0.0479. The first-order valence-electron chi connectivity index (χ1n) is 8.92. The highest BCUT2D eigenvalue weighted by Gasteiger charge is 2.37. The molecule has 1 fully saturated rings. The molecule has 6 heteroatoms. The first-order valence-corrected chi connectivity index (χ1v) is 9.72. The van der Waals surface area contributed by atoms with E-state index in [4.69, 9.17) is 14.2 Å². The number of amides is 1. The van der Waals surface area contributed by atoms with Crippen LogP contribution in [-0.2, 0) is 10.2 Å². The quantitative estimate of drug-likeness (QED) is 0.749. The molecule has 0 atom stereocenters. The molecule has 2 aromatic rings. The fourth-order valence-corrected chi connectivity index (χ4v) is 3.96. The Balaban J connectivity index is 1.85. The second kappa shape index (κ2) is 8.76. The van der Waals surface area contributed by atoms with E-state index in [9.17, 15) is 4.79 Å². The van der Waals surface area contributed by atoms with Gasteiger partial charge in [0.1, 0.15) is 11.5 Å². The van der Waals surface area contributed by atoms with Crippen LogP contribution in [0.15, 0.2) is 46.9 Å². The zero-order valence-corrected chi connectivity index (χ0v) is 17.2. The molecular formula is C21H24BrNO4. The number of carbonyl (C=O) groups is 1. The molecule has 1 aliphatic rings. The highest BCUT2D eigenvalue weighted by atomic mass is 79.9. The first kappa shape index (κ1) is 19.7. The van der Waals surface area contributed by atoms with Gasteiger partial charge in [0, 0.05) is 35.2 Å². The summed E-state index contributed by atoms with van der Waals surface area (Å²) in [7, 11) is 3.27. The average Bonchev–Trinajstić information content (AvgIpc) is 2.73. The second-order valence-corrected chi connectivity index (χ2v) is 7.48. The van der Waals surface area contributed by atoms with Gasteiger partial charge in [-0.25, -0.2) is 0 Å². The normalized spacial score (nSPS) is 15.8. The second-order valence-electron chi connectivity index (χ2n) is 6.62. The van der Waals surface area contributed by atoms with E-state index in [2.05, 4.69) is 27.3 Å². The maximum absolute atomic E-state index is 12.8. The van der Waals surface area contributed by atoms with Crippen LogP contribution in [-0.4, -0.2) is 39.9 Å². The summed E-state index contributed by atoms with van der Waals surface area (Å²) in [6.07, 6.45) is 1.65. The zero-order valence-electron chi connectivity index (χ0n) is 15.6. The van der Waals surface area contributed by atoms with E-state index in [0.29, 0.717) is 31.1 Å². The molecule has 3 rings (SSSR count). The number of nitrogens with one attached hydrogen (secondary N) is 1. The van der Waals surface area contributed by atoms with Crippen LogP contribution < -0.4 is 14.8 Å². The number of hydrogen-bond acceptors (Lipinski definition) is 4.